The molecule has 5 heteroatoms. The van der Waals surface area contributed by atoms with Crippen molar-refractivity contribution in [1.82, 2.24) is 10.2 Å². The lowest BCUT2D eigenvalue weighted by Crippen LogP contribution is -2.48. The number of nitrogens with one attached hydrogen (secondary N) is 1. The van der Waals surface area contributed by atoms with Crippen molar-refractivity contribution in [1.29, 1.82) is 0 Å². The van der Waals surface area contributed by atoms with Crippen LogP contribution in [0.5, 0.6) is 0 Å². The number of nitrogens with zero attached hydrogens (tertiary/aromatic N) is 1. The summed E-state index contributed by atoms with van der Waals surface area (Å²) in [6.45, 7) is 7.44. The van der Waals surface area contributed by atoms with E-state index in [0.717, 1.165) is 18.9 Å². The molecule has 0 spiro atoms. The van der Waals surface area contributed by atoms with E-state index in [1.165, 1.54) is 19.4 Å². The Morgan fingerprint density at radius 2 is 2.11 bits per heavy atom. The topological polar surface area (TPSA) is 49.4 Å². The fourth-order valence-electron chi connectivity index (χ4n) is 3.11. The molecule has 18 heavy (non-hydrogen) atoms. The molecule has 0 saturated carbocycles. The normalized spacial score (nSPS) is 37.6. The van der Waals surface area contributed by atoms with Crippen LogP contribution in [0, 0.1) is 5.92 Å². The summed E-state index contributed by atoms with van der Waals surface area (Å²) in [6, 6.07) is 0.798. The highest BCUT2D eigenvalue weighted by molar-refractivity contribution is 7.91. The Morgan fingerprint density at radius 3 is 2.83 bits per heavy atom. The number of rotatable bonds is 3. The van der Waals surface area contributed by atoms with E-state index in [4.69, 9.17) is 0 Å². The van der Waals surface area contributed by atoms with Crippen molar-refractivity contribution in [2.75, 3.05) is 31.1 Å². The van der Waals surface area contributed by atoms with Gasteiger partial charge in [-0.05, 0) is 45.2 Å². The smallest absolute Gasteiger partial charge is 0.153 e. The van der Waals surface area contributed by atoms with Crippen LogP contribution in [-0.2, 0) is 9.84 Å². The fraction of sp³-hybridized carbons (Fsp3) is 1.00. The van der Waals surface area contributed by atoms with Gasteiger partial charge in [-0.15, -0.1) is 0 Å². The molecule has 2 rings (SSSR count). The molecule has 0 radical (unpaired) electrons. The van der Waals surface area contributed by atoms with E-state index < -0.39 is 9.84 Å². The molecule has 0 aromatic carbocycles. The highest BCUT2D eigenvalue weighted by atomic mass is 32.2. The summed E-state index contributed by atoms with van der Waals surface area (Å²) < 4.78 is 23.1. The molecule has 2 aliphatic heterocycles. The number of piperidine rings is 1. The first kappa shape index (κ1) is 14.3. The Labute approximate surface area is 111 Å². The standard InChI is InChI=1S/C13H26N2O2S/c1-11-4-3-7-15(12(11)2)8-5-13-10-18(16,17)9-6-14-13/h11-14H,3-10H2,1-2H3. The van der Waals surface area contributed by atoms with E-state index in [1.54, 1.807) is 0 Å². The van der Waals surface area contributed by atoms with Gasteiger partial charge in [-0.25, -0.2) is 8.42 Å². The summed E-state index contributed by atoms with van der Waals surface area (Å²) in [5, 5.41) is 3.33. The fourth-order valence-corrected chi connectivity index (χ4v) is 4.60. The summed E-state index contributed by atoms with van der Waals surface area (Å²) in [4.78, 5) is 2.52. The number of hydrogen-bond acceptors (Lipinski definition) is 4. The van der Waals surface area contributed by atoms with Gasteiger partial charge >= 0.3 is 0 Å². The van der Waals surface area contributed by atoms with Gasteiger partial charge in [0.15, 0.2) is 9.84 Å². The van der Waals surface area contributed by atoms with E-state index in [2.05, 4.69) is 24.1 Å². The monoisotopic (exact) mass is 274 g/mol. The van der Waals surface area contributed by atoms with Crippen LogP contribution < -0.4 is 5.32 Å². The summed E-state index contributed by atoms with van der Waals surface area (Å²) in [5.41, 5.74) is 0. The molecule has 0 bridgehead atoms. The Hall–Kier alpha value is -0.130. The van der Waals surface area contributed by atoms with Crippen molar-refractivity contribution in [3.8, 4) is 0 Å². The summed E-state index contributed by atoms with van der Waals surface area (Å²) >= 11 is 0. The van der Waals surface area contributed by atoms with Crippen LogP contribution >= 0.6 is 0 Å². The van der Waals surface area contributed by atoms with Crippen LogP contribution in [0.4, 0.5) is 0 Å². The lowest BCUT2D eigenvalue weighted by atomic mass is 9.92. The van der Waals surface area contributed by atoms with E-state index in [0.29, 0.717) is 24.1 Å². The summed E-state index contributed by atoms with van der Waals surface area (Å²) in [6.07, 6.45) is 3.56. The van der Waals surface area contributed by atoms with Crippen molar-refractivity contribution in [3.63, 3.8) is 0 Å². The van der Waals surface area contributed by atoms with Gasteiger partial charge in [0.25, 0.3) is 0 Å². The van der Waals surface area contributed by atoms with Gasteiger partial charge in [-0.1, -0.05) is 6.92 Å². The second-order valence-corrected chi connectivity index (χ2v) is 8.18. The quantitative estimate of drug-likeness (QED) is 0.830. The van der Waals surface area contributed by atoms with Crippen molar-refractivity contribution in [2.24, 2.45) is 5.92 Å². The maximum atomic E-state index is 11.6. The molecular formula is C13H26N2O2S. The second-order valence-electron chi connectivity index (χ2n) is 5.95. The van der Waals surface area contributed by atoms with Crippen LogP contribution in [0.1, 0.15) is 33.1 Å². The maximum Gasteiger partial charge on any atom is 0.153 e. The van der Waals surface area contributed by atoms with Crippen molar-refractivity contribution >= 4 is 9.84 Å². The predicted molar refractivity (Wildman–Crippen MR) is 74.5 cm³/mol. The molecule has 106 valence electrons. The minimum Gasteiger partial charge on any atom is -0.312 e. The number of sulfone groups is 1. The SMILES string of the molecule is CC1CCCN(CCC2CS(=O)(=O)CCN2)C1C. The van der Waals surface area contributed by atoms with Crippen LogP contribution in [0.3, 0.4) is 0 Å². The minimum atomic E-state index is -2.79. The lowest BCUT2D eigenvalue weighted by molar-refractivity contribution is 0.109. The summed E-state index contributed by atoms with van der Waals surface area (Å²) in [7, 11) is -2.79. The zero-order valence-electron chi connectivity index (χ0n) is 11.6. The maximum absolute atomic E-state index is 11.6. The van der Waals surface area contributed by atoms with Gasteiger partial charge in [0, 0.05) is 18.6 Å². The molecule has 0 aromatic rings. The molecule has 3 atom stereocenters. The number of hydrogen-bond donors (Lipinski definition) is 1. The van der Waals surface area contributed by atoms with Gasteiger partial charge in [-0.2, -0.15) is 0 Å². The third-order valence-electron chi connectivity index (χ3n) is 4.57. The molecule has 2 fully saturated rings. The first-order valence-electron chi connectivity index (χ1n) is 7.16. The molecule has 1 N–H and O–H groups in total. The van der Waals surface area contributed by atoms with E-state index in [-0.39, 0.29) is 6.04 Å². The number of likely N-dealkylation sites (tertiary alicyclic amines) is 1. The van der Waals surface area contributed by atoms with E-state index in [1.807, 2.05) is 0 Å². The van der Waals surface area contributed by atoms with Gasteiger partial charge < -0.3 is 10.2 Å². The zero-order valence-corrected chi connectivity index (χ0v) is 12.4. The first-order valence-corrected chi connectivity index (χ1v) is 8.98. The van der Waals surface area contributed by atoms with Crippen molar-refractivity contribution < 1.29 is 8.42 Å². The average Bonchev–Trinajstić information content (AvgIpc) is 2.30. The van der Waals surface area contributed by atoms with Crippen LogP contribution in [-0.4, -0.2) is 56.5 Å². The van der Waals surface area contributed by atoms with Crippen molar-refractivity contribution in [2.45, 2.75) is 45.2 Å². The predicted octanol–water partition coefficient (Wildman–Crippen LogP) is 0.884. The van der Waals surface area contributed by atoms with Crippen LogP contribution in [0.25, 0.3) is 0 Å². The van der Waals surface area contributed by atoms with Gasteiger partial charge in [0.05, 0.1) is 11.5 Å². The molecule has 0 aromatic heterocycles. The summed E-state index contributed by atoms with van der Waals surface area (Å²) in [5.74, 6) is 1.40. The van der Waals surface area contributed by atoms with Gasteiger partial charge in [0.1, 0.15) is 0 Å². The molecule has 0 aliphatic carbocycles. The molecule has 2 saturated heterocycles. The molecule has 2 aliphatic rings. The zero-order chi connectivity index (χ0) is 13.2. The third-order valence-corrected chi connectivity index (χ3v) is 6.31. The third kappa shape index (κ3) is 3.68. The molecule has 0 amide bonds. The van der Waals surface area contributed by atoms with Crippen LogP contribution in [0.15, 0.2) is 0 Å². The largest absolute Gasteiger partial charge is 0.312 e. The highest BCUT2D eigenvalue weighted by Crippen LogP contribution is 2.23. The van der Waals surface area contributed by atoms with Gasteiger partial charge in [0.2, 0.25) is 0 Å². The van der Waals surface area contributed by atoms with Crippen molar-refractivity contribution in [3.05, 3.63) is 0 Å². The average molecular weight is 274 g/mol. The Bertz CT molecular complexity index is 369. The van der Waals surface area contributed by atoms with E-state index >= 15 is 0 Å². The first-order chi connectivity index (χ1) is 8.48. The Morgan fingerprint density at radius 1 is 1.33 bits per heavy atom. The Balaban J connectivity index is 1.80. The lowest BCUT2D eigenvalue weighted by Gasteiger charge is -2.38. The Kier molecular flexibility index (Phi) is 4.67. The minimum absolute atomic E-state index is 0.160. The highest BCUT2D eigenvalue weighted by Gasteiger charge is 2.27. The van der Waals surface area contributed by atoms with Gasteiger partial charge in [-0.3, -0.25) is 0 Å². The molecule has 4 nitrogen and oxygen atoms in total. The molecular weight excluding hydrogens is 248 g/mol. The second kappa shape index (κ2) is 5.88. The molecule has 3 unspecified atom stereocenters. The van der Waals surface area contributed by atoms with Crippen LogP contribution in [0.2, 0.25) is 0 Å². The van der Waals surface area contributed by atoms with E-state index in [9.17, 15) is 8.42 Å². The molecule has 2 heterocycles.